The maximum Gasteiger partial charge on any atom is 0.358 e. The van der Waals surface area contributed by atoms with E-state index in [9.17, 15) is 14.9 Å². The lowest BCUT2D eigenvalue weighted by Crippen LogP contribution is -2.12. The lowest BCUT2D eigenvalue weighted by Gasteiger charge is -2.06. The summed E-state index contributed by atoms with van der Waals surface area (Å²) in [4.78, 5) is 24.9. The Bertz CT molecular complexity index is 683. The zero-order valence-electron chi connectivity index (χ0n) is 11.1. The average molecular weight is 292 g/mol. The van der Waals surface area contributed by atoms with Gasteiger partial charge in [0.15, 0.2) is 5.69 Å². The third kappa shape index (κ3) is 3.49. The van der Waals surface area contributed by atoms with Gasteiger partial charge in [-0.05, 0) is 13.0 Å². The van der Waals surface area contributed by atoms with Gasteiger partial charge in [-0.2, -0.15) is 0 Å². The summed E-state index contributed by atoms with van der Waals surface area (Å²) >= 11 is 0. The monoisotopic (exact) mass is 292 g/mol. The molecular weight excluding hydrogens is 280 g/mol. The van der Waals surface area contributed by atoms with Gasteiger partial charge in [-0.25, -0.2) is 14.5 Å². The lowest BCUT2D eigenvalue weighted by molar-refractivity contribution is -0.385. The number of nitro groups is 1. The predicted molar refractivity (Wildman–Crippen MR) is 71.1 cm³/mol. The number of carboxylic acid groups (broad SMARTS) is 1. The highest BCUT2D eigenvalue weighted by atomic mass is 16.6. The van der Waals surface area contributed by atoms with Crippen LogP contribution in [0.1, 0.15) is 16.2 Å². The second kappa shape index (κ2) is 5.94. The summed E-state index contributed by atoms with van der Waals surface area (Å²) in [6.07, 6.45) is 1.32. The van der Waals surface area contributed by atoms with Crippen molar-refractivity contribution in [2.24, 2.45) is 0 Å². The van der Waals surface area contributed by atoms with Crippen LogP contribution >= 0.6 is 0 Å². The molecule has 0 bridgehead atoms. The van der Waals surface area contributed by atoms with Crippen LogP contribution in [0.15, 0.2) is 18.3 Å². The Morgan fingerprint density at radius 2 is 2.29 bits per heavy atom. The molecule has 0 aliphatic heterocycles. The summed E-state index contributed by atoms with van der Waals surface area (Å²) in [5, 5.41) is 29.5. The van der Waals surface area contributed by atoms with Crippen molar-refractivity contribution in [2.45, 2.75) is 13.5 Å². The molecule has 0 saturated carbocycles. The van der Waals surface area contributed by atoms with E-state index in [0.29, 0.717) is 24.6 Å². The average Bonchev–Trinajstić information content (AvgIpc) is 2.87. The number of nitrogens with one attached hydrogen (secondary N) is 1. The number of nitrogens with zero attached hydrogens (tertiary/aromatic N) is 5. The molecule has 0 fully saturated rings. The van der Waals surface area contributed by atoms with E-state index in [4.69, 9.17) is 5.11 Å². The molecule has 21 heavy (non-hydrogen) atoms. The van der Waals surface area contributed by atoms with Gasteiger partial charge in [0.25, 0.3) is 5.69 Å². The summed E-state index contributed by atoms with van der Waals surface area (Å²) in [6.45, 7) is 2.37. The number of aromatic carboxylic acids is 1. The minimum absolute atomic E-state index is 0.0390. The number of carboxylic acids is 1. The SMILES string of the molecule is Cc1nc(NCCn2cc(C(=O)O)nn2)ccc1[N+](=O)[O-]. The quantitative estimate of drug-likeness (QED) is 0.586. The molecule has 2 heterocycles. The van der Waals surface area contributed by atoms with Gasteiger partial charge in [0.1, 0.15) is 11.5 Å². The number of hydrogen-bond donors (Lipinski definition) is 2. The molecule has 0 aliphatic rings. The van der Waals surface area contributed by atoms with Crippen LogP contribution < -0.4 is 5.32 Å². The lowest BCUT2D eigenvalue weighted by atomic mass is 10.3. The van der Waals surface area contributed by atoms with Crippen molar-refractivity contribution in [1.29, 1.82) is 0 Å². The number of aryl methyl sites for hydroxylation is 1. The van der Waals surface area contributed by atoms with Crippen LogP contribution in [0.5, 0.6) is 0 Å². The Hall–Kier alpha value is -3.04. The Balaban J connectivity index is 1.92. The zero-order chi connectivity index (χ0) is 15.4. The van der Waals surface area contributed by atoms with Crippen LogP contribution in [0.3, 0.4) is 0 Å². The highest BCUT2D eigenvalue weighted by molar-refractivity contribution is 5.84. The van der Waals surface area contributed by atoms with Crippen LogP contribution in [-0.2, 0) is 6.54 Å². The first kappa shape index (κ1) is 14.4. The summed E-state index contributed by atoms with van der Waals surface area (Å²) in [7, 11) is 0. The first-order valence-electron chi connectivity index (χ1n) is 5.96. The van der Waals surface area contributed by atoms with Gasteiger partial charge in [0, 0.05) is 12.6 Å². The molecule has 0 spiro atoms. The van der Waals surface area contributed by atoms with Crippen molar-refractivity contribution in [3.05, 3.63) is 39.8 Å². The fraction of sp³-hybridized carbons (Fsp3) is 0.273. The Morgan fingerprint density at radius 1 is 1.52 bits per heavy atom. The number of carbonyl (C=O) groups is 1. The van der Waals surface area contributed by atoms with Gasteiger partial charge in [0.05, 0.1) is 17.7 Å². The molecule has 0 amide bonds. The van der Waals surface area contributed by atoms with E-state index in [-0.39, 0.29) is 11.4 Å². The van der Waals surface area contributed by atoms with Crippen LogP contribution in [0.2, 0.25) is 0 Å². The van der Waals surface area contributed by atoms with Crippen LogP contribution in [0, 0.1) is 17.0 Å². The summed E-state index contributed by atoms with van der Waals surface area (Å²) < 4.78 is 1.38. The molecule has 0 radical (unpaired) electrons. The minimum Gasteiger partial charge on any atom is -0.476 e. The van der Waals surface area contributed by atoms with Gasteiger partial charge in [-0.1, -0.05) is 5.21 Å². The Kier molecular flexibility index (Phi) is 4.07. The molecule has 0 aliphatic carbocycles. The highest BCUT2D eigenvalue weighted by Gasteiger charge is 2.11. The number of aromatic nitrogens is 4. The number of rotatable bonds is 6. The van der Waals surface area contributed by atoms with Crippen molar-refractivity contribution in [1.82, 2.24) is 20.0 Å². The van der Waals surface area contributed by atoms with Gasteiger partial charge in [-0.15, -0.1) is 5.10 Å². The van der Waals surface area contributed by atoms with Gasteiger partial charge < -0.3 is 10.4 Å². The zero-order valence-corrected chi connectivity index (χ0v) is 11.1. The summed E-state index contributed by atoms with van der Waals surface area (Å²) in [5.41, 5.74) is 0.154. The molecule has 2 aromatic rings. The van der Waals surface area contributed by atoms with Crippen LogP contribution in [-0.4, -0.2) is 42.5 Å². The second-order valence-corrected chi connectivity index (χ2v) is 4.16. The third-order valence-electron chi connectivity index (χ3n) is 2.66. The van der Waals surface area contributed by atoms with Crippen molar-refractivity contribution in [2.75, 3.05) is 11.9 Å². The van der Waals surface area contributed by atoms with E-state index in [1.807, 2.05) is 0 Å². The fourth-order valence-corrected chi connectivity index (χ4v) is 1.65. The van der Waals surface area contributed by atoms with Gasteiger partial charge in [0.2, 0.25) is 0 Å². The molecule has 2 N–H and O–H groups in total. The fourth-order valence-electron chi connectivity index (χ4n) is 1.65. The van der Waals surface area contributed by atoms with Crippen molar-refractivity contribution in [3.8, 4) is 0 Å². The van der Waals surface area contributed by atoms with Crippen LogP contribution in [0.4, 0.5) is 11.5 Å². The Labute approximate surface area is 118 Å². The molecule has 10 nitrogen and oxygen atoms in total. The number of pyridine rings is 1. The van der Waals surface area contributed by atoms with Crippen molar-refractivity contribution in [3.63, 3.8) is 0 Å². The normalized spacial score (nSPS) is 10.3. The van der Waals surface area contributed by atoms with Gasteiger partial charge in [-0.3, -0.25) is 10.1 Å². The Morgan fingerprint density at radius 3 is 2.86 bits per heavy atom. The first-order valence-corrected chi connectivity index (χ1v) is 5.96. The summed E-state index contributed by atoms with van der Waals surface area (Å²) in [5.74, 6) is -0.640. The van der Waals surface area contributed by atoms with E-state index in [1.165, 1.54) is 23.0 Å². The van der Waals surface area contributed by atoms with E-state index in [2.05, 4.69) is 20.6 Å². The highest BCUT2D eigenvalue weighted by Crippen LogP contribution is 2.17. The second-order valence-electron chi connectivity index (χ2n) is 4.16. The minimum atomic E-state index is -1.14. The molecule has 0 atom stereocenters. The van der Waals surface area contributed by atoms with E-state index < -0.39 is 10.9 Å². The molecule has 2 rings (SSSR count). The molecule has 0 unspecified atom stereocenters. The first-order chi connectivity index (χ1) is 9.97. The molecule has 10 heteroatoms. The molecular formula is C11H12N6O4. The van der Waals surface area contributed by atoms with Gasteiger partial charge >= 0.3 is 5.97 Å². The smallest absolute Gasteiger partial charge is 0.358 e. The molecule has 0 aromatic carbocycles. The van der Waals surface area contributed by atoms with Crippen molar-refractivity contribution < 1.29 is 14.8 Å². The maximum atomic E-state index is 10.7. The van der Waals surface area contributed by atoms with E-state index in [1.54, 1.807) is 6.92 Å². The van der Waals surface area contributed by atoms with E-state index >= 15 is 0 Å². The van der Waals surface area contributed by atoms with Crippen LogP contribution in [0.25, 0.3) is 0 Å². The standard InChI is InChI=1S/C11H12N6O4/c1-7-9(17(20)21)2-3-10(13-7)12-4-5-16-6-8(11(18)19)14-15-16/h2-3,6H,4-5H2,1H3,(H,12,13)(H,18,19). The number of hydrogen-bond acceptors (Lipinski definition) is 7. The van der Waals surface area contributed by atoms with Crippen molar-refractivity contribution >= 4 is 17.5 Å². The molecule has 110 valence electrons. The molecule has 2 aromatic heterocycles. The number of anilines is 1. The molecule has 0 saturated heterocycles. The largest absolute Gasteiger partial charge is 0.476 e. The topological polar surface area (TPSA) is 136 Å². The maximum absolute atomic E-state index is 10.7. The predicted octanol–water partition coefficient (Wildman–Crippen LogP) is 0.700. The van der Waals surface area contributed by atoms with E-state index in [0.717, 1.165) is 0 Å². The summed E-state index contributed by atoms with van der Waals surface area (Å²) in [6, 6.07) is 2.89. The third-order valence-corrected chi connectivity index (χ3v) is 2.66.